The first kappa shape index (κ1) is 56.8. The standard InChI is InChI=1S/C36H71N21O7/c1-20(58)19-52-27(60)22(10-5-15-48-33(39)40)54-29(62)24(11-6-16-49-34(41)42)56-31(64)26(13-8-18-51-36(45)46)57-30(63)25(12-7-17-50-35(43)44)55-28(61)23(53-21(2)59)9-3-4-14-47-32(37)38/h22-26H,3-19H2,1-2H3,(H,52,60)(H,53,59)(H,54,62)(H,55,61)(H,56,64)(H,57,63)(H4,37,38,47)(H4,39,40,48)(H4,41,42,49)(H4,43,44,50)(H4,45,46,51)/t22-,23-,24-,25-,26-/m0/s1. The van der Waals surface area contributed by atoms with Gasteiger partial charge < -0.3 is 87.2 Å². The van der Waals surface area contributed by atoms with Gasteiger partial charge in [0.1, 0.15) is 36.0 Å². The molecule has 0 aliphatic carbocycles. The molecule has 5 atom stereocenters. The van der Waals surface area contributed by atoms with Crippen LogP contribution in [0.15, 0.2) is 0 Å². The van der Waals surface area contributed by atoms with Crippen LogP contribution in [0, 0.1) is 27.0 Å². The van der Waals surface area contributed by atoms with E-state index in [4.69, 9.17) is 55.7 Å². The lowest BCUT2D eigenvalue weighted by molar-refractivity contribution is -0.135. The highest BCUT2D eigenvalue weighted by Gasteiger charge is 2.32. The Hall–Kier alpha value is -7.16. The van der Waals surface area contributed by atoms with Crippen molar-refractivity contribution in [3.05, 3.63) is 0 Å². The third-order valence-electron chi connectivity index (χ3n) is 8.91. The van der Waals surface area contributed by atoms with Gasteiger partial charge in [0.2, 0.25) is 35.4 Å². The predicted molar refractivity (Wildman–Crippen MR) is 239 cm³/mol. The van der Waals surface area contributed by atoms with Gasteiger partial charge in [0.15, 0.2) is 29.8 Å². The van der Waals surface area contributed by atoms with Crippen LogP contribution in [-0.2, 0) is 33.6 Å². The molecule has 28 heteroatoms. The monoisotopic (exact) mass is 910 g/mol. The third kappa shape index (κ3) is 29.2. The van der Waals surface area contributed by atoms with Crippen molar-refractivity contribution in [3.63, 3.8) is 0 Å². The molecule has 0 aliphatic heterocycles. The Morgan fingerprint density at radius 1 is 0.359 bits per heavy atom. The Morgan fingerprint density at radius 2 is 0.609 bits per heavy atom. The molecular weight excluding hydrogens is 839 g/mol. The topological polar surface area (TPSA) is 501 Å². The second-order valence-electron chi connectivity index (χ2n) is 14.7. The second-order valence-corrected chi connectivity index (χ2v) is 14.7. The van der Waals surface area contributed by atoms with Gasteiger partial charge in [0.05, 0.1) is 6.54 Å². The molecule has 0 saturated heterocycles. The van der Waals surface area contributed by atoms with Crippen LogP contribution in [0.1, 0.15) is 84.5 Å². The molecule has 0 fully saturated rings. The highest BCUT2D eigenvalue weighted by Crippen LogP contribution is 2.08. The summed E-state index contributed by atoms with van der Waals surface area (Å²) >= 11 is 0. The number of nitrogens with two attached hydrogens (primary N) is 5. The van der Waals surface area contributed by atoms with Gasteiger partial charge in [-0.05, 0) is 77.6 Å². The van der Waals surface area contributed by atoms with E-state index in [-0.39, 0.29) is 126 Å². The Morgan fingerprint density at radius 3 is 0.875 bits per heavy atom. The molecule has 0 spiro atoms. The quantitative estimate of drug-likeness (QED) is 0.0165. The minimum Gasteiger partial charge on any atom is -0.370 e. The van der Waals surface area contributed by atoms with Gasteiger partial charge in [-0.15, -0.1) is 0 Å². The van der Waals surface area contributed by atoms with Crippen molar-refractivity contribution >= 4 is 71.0 Å². The van der Waals surface area contributed by atoms with Gasteiger partial charge in [-0.2, -0.15) is 0 Å². The Bertz CT molecular complexity index is 1610. The summed E-state index contributed by atoms with van der Waals surface area (Å²) in [5.74, 6) is -6.21. The van der Waals surface area contributed by atoms with Crippen LogP contribution in [0.5, 0.6) is 0 Å². The summed E-state index contributed by atoms with van der Waals surface area (Å²) in [6.07, 6.45) is 1.83. The summed E-state index contributed by atoms with van der Waals surface area (Å²) in [5.41, 5.74) is 26.9. The second kappa shape index (κ2) is 32.5. The summed E-state index contributed by atoms with van der Waals surface area (Å²) in [7, 11) is 0. The Labute approximate surface area is 372 Å². The Kier molecular flexibility index (Phi) is 28.9. The fraction of sp³-hybridized carbons (Fsp3) is 0.667. The predicted octanol–water partition coefficient (Wildman–Crippen LogP) is -6.16. The minimum absolute atomic E-state index is 0.0173. The lowest BCUT2D eigenvalue weighted by Crippen LogP contribution is -2.59. The minimum atomic E-state index is -1.35. The molecule has 0 bridgehead atoms. The first-order chi connectivity index (χ1) is 30.1. The summed E-state index contributed by atoms with van der Waals surface area (Å²) in [6, 6.07) is -6.22. The number of carbonyl (C=O) groups is 7. The van der Waals surface area contributed by atoms with Crippen molar-refractivity contribution < 1.29 is 33.6 Å². The van der Waals surface area contributed by atoms with E-state index in [0.29, 0.717) is 19.4 Å². The van der Waals surface area contributed by atoms with E-state index in [9.17, 15) is 33.6 Å². The van der Waals surface area contributed by atoms with E-state index in [0.717, 1.165) is 0 Å². The van der Waals surface area contributed by atoms with Gasteiger partial charge >= 0.3 is 0 Å². The van der Waals surface area contributed by atoms with Crippen LogP contribution >= 0.6 is 0 Å². The van der Waals surface area contributed by atoms with Crippen molar-refractivity contribution in [1.29, 1.82) is 27.0 Å². The van der Waals surface area contributed by atoms with Crippen LogP contribution in [0.25, 0.3) is 0 Å². The van der Waals surface area contributed by atoms with Crippen molar-refractivity contribution in [2.24, 2.45) is 28.7 Å². The number of guanidine groups is 5. The van der Waals surface area contributed by atoms with Crippen molar-refractivity contribution in [3.8, 4) is 0 Å². The fourth-order valence-corrected chi connectivity index (χ4v) is 5.83. The number of ketones is 1. The highest BCUT2D eigenvalue weighted by atomic mass is 16.2. The Balaban J connectivity index is 6.65. The maximum Gasteiger partial charge on any atom is 0.243 e. The summed E-state index contributed by atoms with van der Waals surface area (Å²) in [4.78, 5) is 92.5. The van der Waals surface area contributed by atoms with Crippen LogP contribution < -0.4 is 87.2 Å². The average molecular weight is 910 g/mol. The zero-order valence-corrected chi connectivity index (χ0v) is 36.7. The largest absolute Gasteiger partial charge is 0.370 e. The van der Waals surface area contributed by atoms with Gasteiger partial charge in [-0.1, -0.05) is 0 Å². The van der Waals surface area contributed by atoms with E-state index in [1.54, 1.807) is 0 Å². The van der Waals surface area contributed by atoms with E-state index in [2.05, 4.69) is 58.5 Å². The van der Waals surface area contributed by atoms with Crippen molar-refractivity contribution in [2.75, 3.05) is 39.3 Å². The zero-order chi connectivity index (χ0) is 48.6. The molecular formula is C36H71N21O7. The van der Waals surface area contributed by atoms with E-state index >= 15 is 0 Å². The molecule has 64 heavy (non-hydrogen) atoms. The maximum atomic E-state index is 14.1. The van der Waals surface area contributed by atoms with Gasteiger partial charge in [-0.25, -0.2) is 0 Å². The number of Topliss-reactive ketones (excluding diaryl/α,β-unsaturated/α-hetero) is 1. The van der Waals surface area contributed by atoms with Crippen LogP contribution in [-0.4, -0.2) is 141 Å². The van der Waals surface area contributed by atoms with E-state index < -0.39 is 65.7 Å². The molecule has 6 amide bonds. The van der Waals surface area contributed by atoms with Crippen LogP contribution in [0.3, 0.4) is 0 Å². The molecule has 362 valence electrons. The summed E-state index contributed by atoms with van der Waals surface area (Å²) in [6.45, 7) is 3.09. The molecule has 0 aromatic carbocycles. The lowest BCUT2D eigenvalue weighted by Gasteiger charge is -2.27. The number of amides is 6. The first-order valence-corrected chi connectivity index (χ1v) is 20.8. The smallest absolute Gasteiger partial charge is 0.243 e. The molecule has 0 saturated carbocycles. The summed E-state index contributed by atoms with van der Waals surface area (Å²) in [5, 5.41) is 65.8. The van der Waals surface area contributed by atoms with Gasteiger partial charge in [-0.3, -0.25) is 60.6 Å². The molecule has 0 aromatic rings. The first-order valence-electron chi connectivity index (χ1n) is 20.8. The molecule has 0 radical (unpaired) electrons. The molecule has 0 unspecified atom stereocenters. The van der Waals surface area contributed by atoms with Crippen molar-refractivity contribution in [2.45, 2.75) is 115 Å². The molecule has 0 aromatic heterocycles. The maximum absolute atomic E-state index is 14.1. The van der Waals surface area contributed by atoms with Crippen molar-refractivity contribution in [1.82, 2.24) is 58.5 Å². The zero-order valence-electron chi connectivity index (χ0n) is 36.7. The van der Waals surface area contributed by atoms with Gasteiger partial charge in [0.25, 0.3) is 0 Å². The van der Waals surface area contributed by atoms with Crippen LogP contribution in [0.2, 0.25) is 0 Å². The molecule has 26 N–H and O–H groups in total. The van der Waals surface area contributed by atoms with E-state index in [1.165, 1.54) is 13.8 Å². The van der Waals surface area contributed by atoms with Crippen LogP contribution in [0.4, 0.5) is 0 Å². The number of hydrogen-bond acceptors (Lipinski definition) is 12. The number of carbonyl (C=O) groups excluding carboxylic acids is 7. The highest BCUT2D eigenvalue weighted by molar-refractivity contribution is 5.96. The van der Waals surface area contributed by atoms with Gasteiger partial charge in [0, 0.05) is 39.6 Å². The number of rotatable bonds is 33. The fourth-order valence-electron chi connectivity index (χ4n) is 5.83. The molecule has 0 aliphatic rings. The number of nitrogens with one attached hydrogen (secondary N) is 16. The lowest BCUT2D eigenvalue weighted by atomic mass is 10.0. The van der Waals surface area contributed by atoms with E-state index in [1.807, 2.05) is 0 Å². The normalized spacial score (nSPS) is 12.8. The molecule has 0 heterocycles. The SMILES string of the molecule is CC(=O)CNC(=O)[C@H](CCCNC(=N)N)NC(=O)[C@H](CCCNC(=N)N)NC(=O)[C@H](CCCNC(=N)N)NC(=O)[C@H](CCCNC(=N)N)NC(=O)[C@H](CCCCNC(=N)N)NC(C)=O. The number of hydrogen-bond donors (Lipinski definition) is 21. The third-order valence-corrected chi connectivity index (χ3v) is 8.91. The summed E-state index contributed by atoms with van der Waals surface area (Å²) < 4.78 is 0. The average Bonchev–Trinajstić information content (AvgIpc) is 3.19. The molecule has 28 nitrogen and oxygen atoms in total. The number of unbranched alkanes of at least 4 members (excludes halogenated alkanes) is 1. The molecule has 0 rings (SSSR count).